The van der Waals surface area contributed by atoms with Gasteiger partial charge in [0.05, 0.1) is 49.8 Å². The molecule has 0 saturated carbocycles. The van der Waals surface area contributed by atoms with E-state index in [4.69, 9.17) is 23.4 Å². The number of esters is 1. The largest absolute Gasteiger partial charge is 0.491 e. The fourth-order valence-electron chi connectivity index (χ4n) is 2.80. The topological polar surface area (TPSA) is 97.1 Å². The number of pyridine rings is 1. The molecule has 0 aliphatic rings. The van der Waals surface area contributed by atoms with E-state index in [1.54, 1.807) is 31.2 Å². The van der Waals surface area contributed by atoms with Gasteiger partial charge < -0.3 is 23.4 Å². The van der Waals surface area contributed by atoms with Crippen LogP contribution in [0.3, 0.4) is 0 Å². The molecule has 1 aromatic carbocycles. The van der Waals surface area contributed by atoms with Crippen LogP contribution in [0.15, 0.2) is 64.1 Å². The monoisotopic (exact) mass is 457 g/mol. The van der Waals surface area contributed by atoms with Gasteiger partial charge in [-0.1, -0.05) is 18.7 Å². The lowest BCUT2D eigenvalue weighted by Crippen LogP contribution is -2.14. The van der Waals surface area contributed by atoms with Crippen molar-refractivity contribution in [1.82, 2.24) is 4.98 Å². The van der Waals surface area contributed by atoms with Crippen molar-refractivity contribution < 1.29 is 32.5 Å². The molecule has 2 heterocycles. The average molecular weight is 457 g/mol. The molecule has 0 atom stereocenters. The summed E-state index contributed by atoms with van der Waals surface area (Å²) in [5.74, 6) is -0.403. The molecule has 0 bridgehead atoms. The molecule has 3 aromatic rings. The van der Waals surface area contributed by atoms with Gasteiger partial charge in [-0.15, -0.1) is 0 Å². The molecule has 0 aliphatic carbocycles. The number of hydrogen-bond acceptors (Lipinski definition) is 8. The summed E-state index contributed by atoms with van der Waals surface area (Å²) in [6.45, 7) is 6.94. The summed E-state index contributed by atoms with van der Waals surface area (Å²) in [5, 5.41) is 0.189. The molecular weight excluding hydrogens is 433 g/mol. The van der Waals surface area contributed by atoms with Crippen LogP contribution < -0.4 is 10.4 Å². The Morgan fingerprint density at radius 1 is 1.03 bits per heavy atom. The quantitative estimate of drug-likeness (QED) is 0.232. The van der Waals surface area contributed by atoms with Gasteiger partial charge in [-0.2, -0.15) is 0 Å². The van der Waals surface area contributed by atoms with Crippen LogP contribution in [0.1, 0.15) is 6.92 Å². The SMILES string of the molecule is C=C(C)C(=O)OCCOCCOCCOc1ccc(-c2cc3c(F)cncc3oc2=O)cc1. The maximum atomic E-state index is 14.0. The molecule has 0 radical (unpaired) electrons. The molecule has 33 heavy (non-hydrogen) atoms. The highest BCUT2D eigenvalue weighted by Crippen LogP contribution is 2.24. The summed E-state index contributed by atoms with van der Waals surface area (Å²) >= 11 is 0. The predicted molar refractivity (Wildman–Crippen MR) is 119 cm³/mol. The zero-order valence-electron chi connectivity index (χ0n) is 18.2. The third kappa shape index (κ3) is 6.96. The van der Waals surface area contributed by atoms with Crippen LogP contribution in [0.2, 0.25) is 0 Å². The van der Waals surface area contributed by atoms with Crippen molar-refractivity contribution in [3.63, 3.8) is 0 Å². The minimum absolute atomic E-state index is 0.0975. The van der Waals surface area contributed by atoms with Crippen molar-refractivity contribution in [3.05, 3.63) is 71.1 Å². The van der Waals surface area contributed by atoms with E-state index in [1.807, 2.05) is 0 Å². The summed E-state index contributed by atoms with van der Waals surface area (Å²) < 4.78 is 40.3. The minimum Gasteiger partial charge on any atom is -0.491 e. The number of ether oxygens (including phenoxy) is 4. The molecule has 0 N–H and O–H groups in total. The Kier molecular flexibility index (Phi) is 8.68. The van der Waals surface area contributed by atoms with E-state index in [-0.39, 0.29) is 29.7 Å². The lowest BCUT2D eigenvalue weighted by atomic mass is 10.1. The van der Waals surface area contributed by atoms with Gasteiger partial charge in [-0.25, -0.2) is 14.0 Å². The van der Waals surface area contributed by atoms with Crippen LogP contribution in [0, 0.1) is 5.82 Å². The summed E-state index contributed by atoms with van der Waals surface area (Å²) in [7, 11) is 0. The van der Waals surface area contributed by atoms with Crippen LogP contribution in [-0.4, -0.2) is 50.6 Å². The van der Waals surface area contributed by atoms with Crippen LogP contribution >= 0.6 is 0 Å². The zero-order valence-corrected chi connectivity index (χ0v) is 18.2. The van der Waals surface area contributed by atoms with E-state index in [2.05, 4.69) is 11.6 Å². The molecular formula is C24H24FNO7. The number of halogens is 1. The lowest BCUT2D eigenvalue weighted by Gasteiger charge is -2.09. The van der Waals surface area contributed by atoms with E-state index in [1.165, 1.54) is 12.3 Å². The maximum absolute atomic E-state index is 14.0. The van der Waals surface area contributed by atoms with Gasteiger partial charge in [0.1, 0.15) is 19.0 Å². The number of carbonyl (C=O) groups excluding carboxylic acids is 1. The summed E-state index contributed by atoms with van der Waals surface area (Å²) in [6, 6.07) is 8.26. The van der Waals surface area contributed by atoms with E-state index in [0.717, 1.165) is 6.20 Å². The summed E-state index contributed by atoms with van der Waals surface area (Å²) in [4.78, 5) is 27.1. The number of rotatable bonds is 12. The van der Waals surface area contributed by atoms with Crippen molar-refractivity contribution in [3.8, 4) is 16.9 Å². The molecule has 174 valence electrons. The first-order valence-corrected chi connectivity index (χ1v) is 10.2. The normalized spacial score (nSPS) is 10.8. The third-order valence-electron chi connectivity index (χ3n) is 4.46. The van der Waals surface area contributed by atoms with Gasteiger partial charge in [0.15, 0.2) is 11.4 Å². The first-order valence-electron chi connectivity index (χ1n) is 10.2. The summed E-state index contributed by atoms with van der Waals surface area (Å²) in [6.07, 6.45) is 2.37. The standard InChI is InChI=1S/C24H24FNO7/c1-16(2)23(27)32-12-10-30-8-7-29-9-11-31-18-5-3-17(4-6-18)19-13-20-21(25)14-26-15-22(20)33-24(19)28/h3-6,13-15H,1,7-12H2,2H3. The fourth-order valence-corrected chi connectivity index (χ4v) is 2.80. The average Bonchev–Trinajstić information content (AvgIpc) is 2.80. The van der Waals surface area contributed by atoms with Crippen LogP contribution in [0.25, 0.3) is 22.1 Å². The molecule has 0 unspecified atom stereocenters. The minimum atomic E-state index is -0.576. The molecule has 9 heteroatoms. The number of nitrogens with zero attached hydrogens (tertiary/aromatic N) is 1. The van der Waals surface area contributed by atoms with Crippen LogP contribution in [0.5, 0.6) is 5.75 Å². The van der Waals surface area contributed by atoms with Crippen molar-refractivity contribution in [2.75, 3.05) is 39.6 Å². The van der Waals surface area contributed by atoms with Crippen molar-refractivity contribution in [2.45, 2.75) is 6.92 Å². The van der Waals surface area contributed by atoms with Crippen LogP contribution in [0.4, 0.5) is 4.39 Å². The van der Waals surface area contributed by atoms with Crippen molar-refractivity contribution >= 4 is 16.9 Å². The van der Waals surface area contributed by atoms with E-state index in [0.29, 0.717) is 43.3 Å². The van der Waals surface area contributed by atoms with Crippen molar-refractivity contribution in [1.29, 1.82) is 0 Å². The highest BCUT2D eigenvalue weighted by atomic mass is 19.1. The van der Waals surface area contributed by atoms with Crippen LogP contribution in [-0.2, 0) is 19.0 Å². The van der Waals surface area contributed by atoms with E-state index in [9.17, 15) is 14.0 Å². The second kappa shape index (κ2) is 11.9. The molecule has 0 saturated heterocycles. The third-order valence-corrected chi connectivity index (χ3v) is 4.46. The molecule has 8 nitrogen and oxygen atoms in total. The molecule has 3 rings (SSSR count). The molecule has 0 amide bonds. The fraction of sp³-hybridized carbons (Fsp3) is 0.292. The lowest BCUT2D eigenvalue weighted by molar-refractivity contribution is -0.140. The first-order chi connectivity index (χ1) is 16.0. The first kappa shape index (κ1) is 24.1. The number of carbonyl (C=O) groups is 1. The Balaban J connectivity index is 1.38. The summed E-state index contributed by atoms with van der Waals surface area (Å²) in [5.41, 5.74) is 0.697. The Morgan fingerprint density at radius 3 is 2.39 bits per heavy atom. The Bertz CT molecular complexity index is 1160. The van der Waals surface area contributed by atoms with Gasteiger partial charge in [0.2, 0.25) is 0 Å². The molecule has 0 spiro atoms. The Labute approximate surface area is 189 Å². The Hall–Kier alpha value is -3.56. The number of hydrogen-bond donors (Lipinski definition) is 0. The maximum Gasteiger partial charge on any atom is 0.344 e. The molecule has 0 fully saturated rings. The molecule has 0 aliphatic heterocycles. The highest BCUT2D eigenvalue weighted by molar-refractivity contribution is 5.86. The highest BCUT2D eigenvalue weighted by Gasteiger charge is 2.11. The smallest absolute Gasteiger partial charge is 0.344 e. The van der Waals surface area contributed by atoms with E-state index < -0.39 is 17.4 Å². The second-order valence-corrected chi connectivity index (χ2v) is 6.99. The van der Waals surface area contributed by atoms with Gasteiger partial charge in [-0.05, 0) is 30.7 Å². The second-order valence-electron chi connectivity index (χ2n) is 6.99. The Morgan fingerprint density at radius 2 is 1.70 bits per heavy atom. The van der Waals surface area contributed by atoms with Gasteiger partial charge in [-0.3, -0.25) is 4.98 Å². The number of benzene rings is 1. The van der Waals surface area contributed by atoms with Crippen molar-refractivity contribution in [2.24, 2.45) is 0 Å². The number of fused-ring (bicyclic) bond motifs is 1. The van der Waals surface area contributed by atoms with Gasteiger partial charge >= 0.3 is 11.6 Å². The van der Waals surface area contributed by atoms with E-state index >= 15 is 0 Å². The van der Waals surface area contributed by atoms with Gasteiger partial charge in [0.25, 0.3) is 0 Å². The predicted octanol–water partition coefficient (Wildman–Crippen LogP) is 3.53. The number of aromatic nitrogens is 1. The van der Waals surface area contributed by atoms with Gasteiger partial charge in [0, 0.05) is 5.57 Å². The zero-order chi connectivity index (χ0) is 23.6. The molecule has 2 aromatic heterocycles.